The van der Waals surface area contributed by atoms with Crippen LogP contribution in [0.4, 0.5) is 0 Å². The van der Waals surface area contributed by atoms with Crippen LogP contribution in [0, 0.1) is 5.41 Å². The SMILES string of the molecule is CN=C(NCc1ccc(Cn2ccccc2=O)cc1)N1CC(C)(C)C1(C)C.I. The fraction of sp³-hybridized carbons (Fsp3) is 0.455. The number of pyridine rings is 1. The van der Waals surface area contributed by atoms with Crippen LogP contribution in [0.15, 0.2) is 58.4 Å². The Labute approximate surface area is 184 Å². The fourth-order valence-corrected chi connectivity index (χ4v) is 3.43. The first-order valence-corrected chi connectivity index (χ1v) is 9.46. The van der Waals surface area contributed by atoms with Crippen molar-refractivity contribution in [3.05, 3.63) is 70.1 Å². The number of hydrogen-bond donors (Lipinski definition) is 1. The van der Waals surface area contributed by atoms with Crippen LogP contribution in [-0.2, 0) is 13.1 Å². The topological polar surface area (TPSA) is 49.6 Å². The normalized spacial score (nSPS) is 17.5. The fourth-order valence-electron chi connectivity index (χ4n) is 3.43. The molecule has 1 aliphatic heterocycles. The van der Waals surface area contributed by atoms with Crippen molar-refractivity contribution in [2.45, 2.75) is 46.3 Å². The third-order valence-corrected chi connectivity index (χ3v) is 6.08. The minimum absolute atomic E-state index is 0. The summed E-state index contributed by atoms with van der Waals surface area (Å²) >= 11 is 0. The molecule has 0 radical (unpaired) electrons. The second-order valence-electron chi connectivity index (χ2n) is 8.41. The van der Waals surface area contributed by atoms with E-state index in [9.17, 15) is 4.79 Å². The summed E-state index contributed by atoms with van der Waals surface area (Å²) < 4.78 is 1.71. The molecular formula is C22H31IN4O. The Morgan fingerprint density at radius 1 is 1.07 bits per heavy atom. The number of nitrogens with zero attached hydrogens (tertiary/aromatic N) is 3. The number of hydrogen-bond acceptors (Lipinski definition) is 2. The molecule has 0 atom stereocenters. The second-order valence-corrected chi connectivity index (χ2v) is 8.41. The zero-order valence-corrected chi connectivity index (χ0v) is 19.7. The van der Waals surface area contributed by atoms with Crippen molar-refractivity contribution < 1.29 is 0 Å². The molecule has 1 N–H and O–H groups in total. The van der Waals surface area contributed by atoms with Crippen LogP contribution in [-0.4, -0.2) is 34.6 Å². The summed E-state index contributed by atoms with van der Waals surface area (Å²) in [5, 5.41) is 3.48. The molecule has 0 unspecified atom stereocenters. The molecule has 1 fully saturated rings. The van der Waals surface area contributed by atoms with Crippen LogP contribution in [0.2, 0.25) is 0 Å². The summed E-state index contributed by atoms with van der Waals surface area (Å²) in [7, 11) is 1.84. The van der Waals surface area contributed by atoms with Crippen LogP contribution in [0.1, 0.15) is 38.8 Å². The Morgan fingerprint density at radius 3 is 2.25 bits per heavy atom. The Kier molecular flexibility index (Phi) is 6.96. The van der Waals surface area contributed by atoms with Gasteiger partial charge in [-0.3, -0.25) is 9.79 Å². The number of rotatable bonds is 4. The van der Waals surface area contributed by atoms with Crippen molar-refractivity contribution in [2.24, 2.45) is 10.4 Å². The first-order valence-electron chi connectivity index (χ1n) is 9.46. The summed E-state index contributed by atoms with van der Waals surface area (Å²) in [4.78, 5) is 18.6. The molecule has 152 valence electrons. The summed E-state index contributed by atoms with van der Waals surface area (Å²) in [6.45, 7) is 11.5. The van der Waals surface area contributed by atoms with E-state index in [1.165, 1.54) is 5.56 Å². The summed E-state index contributed by atoms with van der Waals surface area (Å²) in [6.07, 6.45) is 1.82. The average Bonchev–Trinajstić information content (AvgIpc) is 2.64. The van der Waals surface area contributed by atoms with E-state index in [-0.39, 0.29) is 40.5 Å². The van der Waals surface area contributed by atoms with Crippen LogP contribution in [0.5, 0.6) is 0 Å². The van der Waals surface area contributed by atoms with E-state index in [0.29, 0.717) is 6.54 Å². The second kappa shape index (κ2) is 8.68. The summed E-state index contributed by atoms with van der Waals surface area (Å²) in [5.74, 6) is 0.944. The van der Waals surface area contributed by atoms with E-state index in [0.717, 1.165) is 24.6 Å². The van der Waals surface area contributed by atoms with Gasteiger partial charge in [0.25, 0.3) is 5.56 Å². The van der Waals surface area contributed by atoms with Crippen LogP contribution < -0.4 is 10.9 Å². The third kappa shape index (κ3) is 4.42. The third-order valence-electron chi connectivity index (χ3n) is 6.08. The van der Waals surface area contributed by atoms with Gasteiger partial charge in [-0.15, -0.1) is 24.0 Å². The Hall–Kier alpha value is -1.83. The molecule has 0 amide bonds. The highest BCUT2D eigenvalue weighted by Gasteiger charge is 2.53. The average molecular weight is 494 g/mol. The number of aliphatic imine (C=N–C) groups is 1. The van der Waals surface area contributed by atoms with E-state index < -0.39 is 0 Å². The molecular weight excluding hydrogens is 463 g/mol. The maximum absolute atomic E-state index is 11.8. The monoisotopic (exact) mass is 494 g/mol. The van der Waals surface area contributed by atoms with Crippen molar-refractivity contribution >= 4 is 29.9 Å². The molecule has 0 spiro atoms. The van der Waals surface area contributed by atoms with E-state index in [4.69, 9.17) is 0 Å². The number of guanidine groups is 1. The first-order chi connectivity index (χ1) is 12.7. The van der Waals surface area contributed by atoms with E-state index in [2.05, 4.69) is 67.2 Å². The molecule has 2 heterocycles. The molecule has 1 aromatic heterocycles. The molecule has 2 aromatic rings. The maximum atomic E-state index is 11.8. The van der Waals surface area contributed by atoms with Crippen molar-refractivity contribution in [3.63, 3.8) is 0 Å². The van der Waals surface area contributed by atoms with E-state index in [1.54, 1.807) is 16.7 Å². The van der Waals surface area contributed by atoms with Crippen molar-refractivity contribution in [1.82, 2.24) is 14.8 Å². The van der Waals surface area contributed by atoms with Crippen molar-refractivity contribution in [2.75, 3.05) is 13.6 Å². The number of aromatic nitrogens is 1. The van der Waals surface area contributed by atoms with Gasteiger partial charge in [-0.1, -0.05) is 44.2 Å². The lowest BCUT2D eigenvalue weighted by Crippen LogP contribution is -2.72. The highest BCUT2D eigenvalue weighted by Crippen LogP contribution is 2.46. The summed E-state index contributed by atoms with van der Waals surface area (Å²) in [5.41, 5.74) is 2.69. The van der Waals surface area contributed by atoms with Gasteiger partial charge >= 0.3 is 0 Å². The summed E-state index contributed by atoms with van der Waals surface area (Å²) in [6, 6.07) is 13.6. The lowest BCUT2D eigenvalue weighted by atomic mass is 9.65. The van der Waals surface area contributed by atoms with Crippen LogP contribution in [0.25, 0.3) is 0 Å². The number of benzene rings is 1. The van der Waals surface area contributed by atoms with Gasteiger partial charge in [0.15, 0.2) is 5.96 Å². The molecule has 5 nitrogen and oxygen atoms in total. The molecule has 1 aliphatic rings. The van der Waals surface area contributed by atoms with Crippen LogP contribution in [0.3, 0.4) is 0 Å². The Bertz CT molecular complexity index is 884. The highest BCUT2D eigenvalue weighted by molar-refractivity contribution is 14.0. The van der Waals surface area contributed by atoms with Gasteiger partial charge in [0.2, 0.25) is 0 Å². The van der Waals surface area contributed by atoms with Gasteiger partial charge in [-0.25, -0.2) is 0 Å². The number of nitrogens with one attached hydrogen (secondary N) is 1. The van der Waals surface area contributed by atoms with Gasteiger partial charge in [0.1, 0.15) is 0 Å². The first kappa shape index (κ1) is 22.5. The molecule has 3 rings (SSSR count). The quantitative estimate of drug-likeness (QED) is 0.401. The highest BCUT2D eigenvalue weighted by atomic mass is 127. The van der Waals surface area contributed by atoms with Gasteiger partial charge < -0.3 is 14.8 Å². The minimum Gasteiger partial charge on any atom is -0.352 e. The van der Waals surface area contributed by atoms with Crippen molar-refractivity contribution in [3.8, 4) is 0 Å². The zero-order chi connectivity index (χ0) is 19.7. The Balaban J connectivity index is 0.00000280. The van der Waals surface area contributed by atoms with E-state index in [1.807, 2.05) is 19.3 Å². The molecule has 1 saturated heterocycles. The van der Waals surface area contributed by atoms with Gasteiger partial charge in [-0.05, 0) is 31.0 Å². The van der Waals surface area contributed by atoms with Gasteiger partial charge in [0.05, 0.1) is 6.54 Å². The lowest BCUT2D eigenvalue weighted by molar-refractivity contribution is -0.0667. The predicted molar refractivity (Wildman–Crippen MR) is 126 cm³/mol. The van der Waals surface area contributed by atoms with Crippen LogP contribution >= 0.6 is 24.0 Å². The molecule has 1 aromatic carbocycles. The zero-order valence-electron chi connectivity index (χ0n) is 17.4. The lowest BCUT2D eigenvalue weighted by Gasteiger charge is -2.62. The number of likely N-dealkylation sites (tertiary alicyclic amines) is 1. The molecule has 28 heavy (non-hydrogen) atoms. The minimum atomic E-state index is 0. The largest absolute Gasteiger partial charge is 0.352 e. The molecule has 0 saturated carbocycles. The molecule has 6 heteroatoms. The van der Waals surface area contributed by atoms with E-state index >= 15 is 0 Å². The standard InChI is InChI=1S/C22H30N4O.HI/c1-21(2)16-26(22(21,3)4)20(23-5)24-14-17-9-11-18(12-10-17)15-25-13-7-6-8-19(25)27;/h6-13H,14-16H2,1-5H3,(H,23,24);1H. The molecule has 0 bridgehead atoms. The predicted octanol–water partition coefficient (Wildman–Crippen LogP) is 3.71. The Morgan fingerprint density at radius 2 is 1.71 bits per heavy atom. The smallest absolute Gasteiger partial charge is 0.250 e. The number of halogens is 1. The molecule has 0 aliphatic carbocycles. The van der Waals surface area contributed by atoms with Crippen molar-refractivity contribution in [1.29, 1.82) is 0 Å². The van der Waals surface area contributed by atoms with Gasteiger partial charge in [0, 0.05) is 43.4 Å². The van der Waals surface area contributed by atoms with Gasteiger partial charge in [-0.2, -0.15) is 0 Å². The maximum Gasteiger partial charge on any atom is 0.250 e.